The number of amides is 1. The summed E-state index contributed by atoms with van der Waals surface area (Å²) in [5.41, 5.74) is 1.51. The molecule has 0 atom stereocenters. The summed E-state index contributed by atoms with van der Waals surface area (Å²) in [5, 5.41) is 11.6. The van der Waals surface area contributed by atoms with Gasteiger partial charge < -0.3 is 24.1 Å². The van der Waals surface area contributed by atoms with Crippen molar-refractivity contribution in [1.29, 1.82) is 0 Å². The van der Waals surface area contributed by atoms with Gasteiger partial charge >= 0.3 is 11.9 Å². The van der Waals surface area contributed by atoms with Crippen molar-refractivity contribution in [2.24, 2.45) is 7.05 Å². The molecule has 0 aliphatic carbocycles. The van der Waals surface area contributed by atoms with E-state index >= 15 is 0 Å². The number of hydrogen-bond acceptors (Lipinski definition) is 9. The Hall–Kier alpha value is -3.86. The molecule has 10 nitrogen and oxygen atoms in total. The fraction of sp³-hybridized carbons (Fsp3) is 0.261. The normalized spacial score (nSPS) is 10.5. The number of carbonyl (C=O) groups is 3. The second kappa shape index (κ2) is 11.3. The average Bonchev–Trinajstić information content (AvgIpc) is 3.20. The minimum atomic E-state index is -0.643. The van der Waals surface area contributed by atoms with Gasteiger partial charge in [-0.15, -0.1) is 10.2 Å². The maximum absolute atomic E-state index is 12.6. The van der Waals surface area contributed by atoms with E-state index in [1.165, 1.54) is 44.2 Å². The Bertz CT molecular complexity index is 1190. The van der Waals surface area contributed by atoms with Gasteiger partial charge in [-0.1, -0.05) is 23.9 Å². The summed E-state index contributed by atoms with van der Waals surface area (Å²) in [6, 6.07) is 11.9. The second-order valence-electron chi connectivity index (χ2n) is 7.06. The molecule has 0 radical (unpaired) electrons. The van der Waals surface area contributed by atoms with E-state index in [-0.39, 0.29) is 22.6 Å². The first-order valence-electron chi connectivity index (χ1n) is 10.1. The van der Waals surface area contributed by atoms with Crippen LogP contribution in [-0.2, 0) is 27.7 Å². The van der Waals surface area contributed by atoms with E-state index in [0.717, 1.165) is 17.1 Å². The quantitative estimate of drug-likeness (QED) is 0.361. The van der Waals surface area contributed by atoms with E-state index in [9.17, 15) is 14.4 Å². The number of ether oxygens (including phenoxy) is 3. The Kier molecular flexibility index (Phi) is 8.25. The Morgan fingerprint density at radius 2 is 1.68 bits per heavy atom. The molecule has 3 rings (SSSR count). The highest BCUT2D eigenvalue weighted by Crippen LogP contribution is 2.22. The molecule has 1 N–H and O–H groups in total. The predicted octanol–water partition coefficient (Wildman–Crippen LogP) is 2.72. The molecule has 0 saturated heterocycles. The maximum Gasteiger partial charge on any atom is 0.339 e. The third kappa shape index (κ3) is 5.93. The van der Waals surface area contributed by atoms with Crippen molar-refractivity contribution in [3.63, 3.8) is 0 Å². The van der Waals surface area contributed by atoms with Crippen LogP contribution in [0.3, 0.4) is 0 Å². The first kappa shape index (κ1) is 24.8. The van der Waals surface area contributed by atoms with E-state index in [1.807, 2.05) is 35.9 Å². The fourth-order valence-corrected chi connectivity index (χ4v) is 3.78. The lowest BCUT2D eigenvalue weighted by Gasteiger charge is -2.11. The highest BCUT2D eigenvalue weighted by molar-refractivity contribution is 7.99. The zero-order chi connectivity index (χ0) is 24.7. The SMILES string of the molecule is COC(=O)c1ccc(C(=O)OC)c(NC(=O)CSc2nnc(Cc3ccc(OC)cc3)n2C)c1. The number of carbonyl (C=O) groups excluding carboxylic acids is 3. The summed E-state index contributed by atoms with van der Waals surface area (Å²) in [4.78, 5) is 36.5. The third-order valence-corrected chi connectivity index (χ3v) is 5.92. The summed E-state index contributed by atoms with van der Waals surface area (Å²) >= 11 is 1.20. The summed E-state index contributed by atoms with van der Waals surface area (Å²) in [6.45, 7) is 0. The smallest absolute Gasteiger partial charge is 0.339 e. The molecule has 11 heteroatoms. The fourth-order valence-electron chi connectivity index (χ4n) is 3.05. The largest absolute Gasteiger partial charge is 0.497 e. The van der Waals surface area contributed by atoms with E-state index in [1.54, 1.807) is 7.11 Å². The van der Waals surface area contributed by atoms with Gasteiger partial charge in [0.25, 0.3) is 0 Å². The van der Waals surface area contributed by atoms with Crippen LogP contribution in [-0.4, -0.2) is 59.7 Å². The van der Waals surface area contributed by atoms with Crippen LogP contribution < -0.4 is 10.1 Å². The van der Waals surface area contributed by atoms with E-state index in [2.05, 4.69) is 15.5 Å². The summed E-state index contributed by atoms with van der Waals surface area (Å²) < 4.78 is 16.4. The molecule has 0 spiro atoms. The summed E-state index contributed by atoms with van der Waals surface area (Å²) in [6.07, 6.45) is 0.572. The van der Waals surface area contributed by atoms with Crippen LogP contribution in [0, 0.1) is 0 Å². The van der Waals surface area contributed by atoms with Crippen molar-refractivity contribution >= 4 is 35.3 Å². The van der Waals surface area contributed by atoms with Gasteiger partial charge in [-0.2, -0.15) is 0 Å². The average molecular weight is 485 g/mol. The number of anilines is 1. The lowest BCUT2D eigenvalue weighted by atomic mass is 10.1. The van der Waals surface area contributed by atoms with Crippen LogP contribution in [0.25, 0.3) is 0 Å². The molecule has 1 amide bonds. The van der Waals surface area contributed by atoms with Crippen molar-refractivity contribution in [3.05, 3.63) is 65.0 Å². The Balaban J connectivity index is 1.67. The molecule has 0 unspecified atom stereocenters. The Morgan fingerprint density at radius 1 is 0.971 bits per heavy atom. The molecule has 0 aliphatic heterocycles. The van der Waals surface area contributed by atoms with Crippen LogP contribution in [0.15, 0.2) is 47.6 Å². The van der Waals surface area contributed by atoms with Gasteiger partial charge in [-0.3, -0.25) is 4.79 Å². The number of hydrogen-bond donors (Lipinski definition) is 1. The second-order valence-corrected chi connectivity index (χ2v) is 8.01. The molecule has 0 bridgehead atoms. The van der Waals surface area contributed by atoms with Crippen LogP contribution in [0.5, 0.6) is 5.75 Å². The lowest BCUT2D eigenvalue weighted by Crippen LogP contribution is -2.18. The molecule has 1 aromatic heterocycles. The van der Waals surface area contributed by atoms with Crippen LogP contribution >= 0.6 is 11.8 Å². The van der Waals surface area contributed by atoms with Crippen molar-refractivity contribution in [2.75, 3.05) is 32.4 Å². The molecule has 3 aromatic rings. The number of aromatic nitrogens is 3. The van der Waals surface area contributed by atoms with Gasteiger partial charge in [0.2, 0.25) is 5.91 Å². The minimum Gasteiger partial charge on any atom is -0.497 e. The Labute approximate surface area is 200 Å². The standard InChI is InChI=1S/C23H24N4O6S/c1-27-19(11-14-5-8-16(31-2)9-6-14)25-26-23(27)34-13-20(28)24-18-12-15(21(29)32-3)7-10-17(18)22(30)33-4/h5-10,12H,11,13H2,1-4H3,(H,24,28). The highest BCUT2D eigenvalue weighted by atomic mass is 32.2. The predicted molar refractivity (Wildman–Crippen MR) is 125 cm³/mol. The summed E-state index contributed by atoms with van der Waals surface area (Å²) in [7, 11) is 5.92. The zero-order valence-electron chi connectivity index (χ0n) is 19.2. The summed E-state index contributed by atoms with van der Waals surface area (Å²) in [5.74, 6) is -0.0989. The van der Waals surface area contributed by atoms with E-state index < -0.39 is 17.8 Å². The van der Waals surface area contributed by atoms with Crippen molar-refractivity contribution < 1.29 is 28.6 Å². The van der Waals surface area contributed by atoms with E-state index in [4.69, 9.17) is 14.2 Å². The van der Waals surface area contributed by atoms with Gasteiger partial charge in [0.05, 0.1) is 43.9 Å². The van der Waals surface area contributed by atoms with Gasteiger partial charge in [0.15, 0.2) is 5.16 Å². The molecule has 2 aromatic carbocycles. The molecule has 34 heavy (non-hydrogen) atoms. The highest BCUT2D eigenvalue weighted by Gasteiger charge is 2.18. The number of nitrogens with one attached hydrogen (secondary N) is 1. The first-order chi connectivity index (χ1) is 16.4. The molecule has 0 fully saturated rings. The molecular weight excluding hydrogens is 460 g/mol. The first-order valence-corrected chi connectivity index (χ1v) is 11.1. The molecule has 0 saturated carbocycles. The van der Waals surface area contributed by atoms with Gasteiger partial charge in [-0.25, -0.2) is 9.59 Å². The minimum absolute atomic E-state index is 0.0115. The van der Waals surface area contributed by atoms with Gasteiger partial charge in [0.1, 0.15) is 11.6 Å². The molecule has 178 valence electrons. The molecular formula is C23H24N4O6S. The topological polar surface area (TPSA) is 122 Å². The molecule has 1 heterocycles. The lowest BCUT2D eigenvalue weighted by molar-refractivity contribution is -0.113. The monoisotopic (exact) mass is 484 g/mol. The van der Waals surface area contributed by atoms with Gasteiger partial charge in [0, 0.05) is 13.5 Å². The number of nitrogens with zero attached hydrogens (tertiary/aromatic N) is 3. The molecule has 0 aliphatic rings. The number of benzene rings is 2. The van der Waals surface area contributed by atoms with Crippen molar-refractivity contribution in [1.82, 2.24) is 14.8 Å². The van der Waals surface area contributed by atoms with E-state index in [0.29, 0.717) is 11.6 Å². The van der Waals surface area contributed by atoms with Crippen LogP contribution in [0.1, 0.15) is 32.1 Å². The van der Waals surface area contributed by atoms with Crippen molar-refractivity contribution in [3.8, 4) is 5.75 Å². The van der Waals surface area contributed by atoms with Crippen LogP contribution in [0.4, 0.5) is 5.69 Å². The van der Waals surface area contributed by atoms with Crippen LogP contribution in [0.2, 0.25) is 0 Å². The zero-order valence-corrected chi connectivity index (χ0v) is 20.0. The number of methoxy groups -OCH3 is 3. The third-order valence-electron chi connectivity index (χ3n) is 4.90. The maximum atomic E-state index is 12.6. The van der Waals surface area contributed by atoms with Gasteiger partial charge in [-0.05, 0) is 35.9 Å². The number of thioether (sulfide) groups is 1. The van der Waals surface area contributed by atoms with Crippen molar-refractivity contribution in [2.45, 2.75) is 11.6 Å². The number of rotatable bonds is 9. The Morgan fingerprint density at radius 3 is 2.32 bits per heavy atom. The number of esters is 2.